The van der Waals surface area contributed by atoms with Gasteiger partial charge in [-0.3, -0.25) is 4.79 Å². The second-order valence-electron chi connectivity index (χ2n) is 3.05. The van der Waals surface area contributed by atoms with E-state index in [4.69, 9.17) is 0 Å². The molecule has 0 fully saturated rings. The molecule has 1 nitrogen and oxygen atoms in total. The second kappa shape index (κ2) is 20.4. The smallest absolute Gasteiger partial charge is 0.193 e. The first-order valence-electron chi connectivity index (χ1n) is 7.84. The topological polar surface area (TPSA) is 17.1 Å². The first-order chi connectivity index (χ1) is 10.3. The molecule has 1 rings (SSSR count). The molecule has 0 amide bonds. The summed E-state index contributed by atoms with van der Waals surface area (Å²) in [4.78, 5) is 12.0. The molecule has 0 saturated heterocycles. The van der Waals surface area contributed by atoms with Crippen molar-refractivity contribution in [2.24, 2.45) is 0 Å². The van der Waals surface area contributed by atoms with Gasteiger partial charge in [0, 0.05) is 11.1 Å². The van der Waals surface area contributed by atoms with Crippen LogP contribution in [0.3, 0.4) is 0 Å². The SMILES string of the molecule is C=C/C=C(\C=C/C)C(=O)c1ccccc1.CC.CC.CC. The quantitative estimate of drug-likeness (QED) is 0.345. The van der Waals surface area contributed by atoms with E-state index < -0.39 is 0 Å². The van der Waals surface area contributed by atoms with Crippen molar-refractivity contribution in [2.75, 3.05) is 0 Å². The average molecular weight is 288 g/mol. The Kier molecular flexibility index (Phi) is 23.5. The highest BCUT2D eigenvalue weighted by molar-refractivity contribution is 6.10. The van der Waals surface area contributed by atoms with Crippen molar-refractivity contribution in [2.45, 2.75) is 48.5 Å². The van der Waals surface area contributed by atoms with Crippen molar-refractivity contribution in [1.29, 1.82) is 0 Å². The van der Waals surface area contributed by atoms with E-state index in [-0.39, 0.29) is 5.78 Å². The number of carbonyl (C=O) groups is 1. The standard InChI is InChI=1S/C14H14O.3C2H6/c1-3-8-12(9-4-2)14(15)13-10-6-5-7-11-13;3*1-2/h3-11H,1H2,2H3;3*1-2H3/b9-4-,12-8+;;;. The summed E-state index contributed by atoms with van der Waals surface area (Å²) < 4.78 is 0. The summed E-state index contributed by atoms with van der Waals surface area (Å²) in [5.74, 6) is 0.0219. The zero-order valence-electron chi connectivity index (χ0n) is 14.8. The highest BCUT2D eigenvalue weighted by atomic mass is 16.1. The van der Waals surface area contributed by atoms with Gasteiger partial charge in [-0.05, 0) is 6.92 Å². The molecule has 0 atom stereocenters. The van der Waals surface area contributed by atoms with Gasteiger partial charge in [0.15, 0.2) is 5.78 Å². The number of hydrogen-bond donors (Lipinski definition) is 0. The maximum Gasteiger partial charge on any atom is 0.193 e. The largest absolute Gasteiger partial charge is 0.289 e. The van der Waals surface area contributed by atoms with E-state index in [9.17, 15) is 4.79 Å². The van der Waals surface area contributed by atoms with Crippen molar-refractivity contribution in [3.63, 3.8) is 0 Å². The van der Waals surface area contributed by atoms with Gasteiger partial charge in [-0.2, -0.15) is 0 Å². The molecule has 0 N–H and O–H groups in total. The van der Waals surface area contributed by atoms with Crippen LogP contribution >= 0.6 is 0 Å². The van der Waals surface area contributed by atoms with Crippen LogP contribution in [0.15, 0.2) is 66.8 Å². The lowest BCUT2D eigenvalue weighted by molar-refractivity contribution is 0.103. The average Bonchev–Trinajstić information content (AvgIpc) is 2.60. The summed E-state index contributed by atoms with van der Waals surface area (Å²) in [5.41, 5.74) is 1.35. The van der Waals surface area contributed by atoms with Crippen LogP contribution in [0.25, 0.3) is 0 Å². The molecule has 0 heterocycles. The minimum atomic E-state index is 0.0219. The third-order valence-electron chi connectivity index (χ3n) is 1.94. The molecular weight excluding hydrogens is 256 g/mol. The van der Waals surface area contributed by atoms with E-state index in [2.05, 4.69) is 6.58 Å². The number of rotatable bonds is 4. The molecule has 0 aliphatic rings. The van der Waals surface area contributed by atoms with Crippen molar-refractivity contribution in [1.82, 2.24) is 0 Å². The third kappa shape index (κ3) is 11.6. The Morgan fingerprint density at radius 1 is 0.952 bits per heavy atom. The van der Waals surface area contributed by atoms with Gasteiger partial charge in [-0.25, -0.2) is 0 Å². The molecule has 0 unspecified atom stereocenters. The Hall–Kier alpha value is -1.89. The number of benzene rings is 1. The molecule has 21 heavy (non-hydrogen) atoms. The predicted molar refractivity (Wildman–Crippen MR) is 97.9 cm³/mol. The molecule has 0 saturated carbocycles. The summed E-state index contributed by atoms with van der Waals surface area (Å²) in [6.45, 7) is 17.5. The molecule has 1 heteroatoms. The van der Waals surface area contributed by atoms with Crippen molar-refractivity contribution >= 4 is 5.78 Å². The van der Waals surface area contributed by atoms with Crippen LogP contribution in [0.5, 0.6) is 0 Å². The maximum atomic E-state index is 12.0. The maximum absolute atomic E-state index is 12.0. The number of Topliss-reactive ketones (excluding diaryl/α,β-unsaturated/α-hetero) is 1. The second-order valence-corrected chi connectivity index (χ2v) is 3.05. The van der Waals surface area contributed by atoms with Gasteiger partial charge >= 0.3 is 0 Å². The fourth-order valence-corrected chi connectivity index (χ4v) is 1.27. The fraction of sp³-hybridized carbons (Fsp3) is 0.350. The third-order valence-corrected chi connectivity index (χ3v) is 1.94. The number of ketones is 1. The molecule has 0 bridgehead atoms. The molecule has 1 aromatic carbocycles. The van der Waals surface area contributed by atoms with Gasteiger partial charge in [0.05, 0.1) is 0 Å². The molecule has 0 spiro atoms. The van der Waals surface area contributed by atoms with Gasteiger partial charge in [0.1, 0.15) is 0 Å². The lowest BCUT2D eigenvalue weighted by atomic mass is 10.0. The Bertz CT molecular complexity index is 397. The van der Waals surface area contributed by atoms with Crippen LogP contribution < -0.4 is 0 Å². The van der Waals surface area contributed by atoms with Gasteiger partial charge < -0.3 is 0 Å². The minimum Gasteiger partial charge on any atom is -0.289 e. The van der Waals surface area contributed by atoms with E-state index >= 15 is 0 Å². The lowest BCUT2D eigenvalue weighted by Crippen LogP contribution is -2.00. The van der Waals surface area contributed by atoms with E-state index in [0.29, 0.717) is 11.1 Å². The fourth-order valence-electron chi connectivity index (χ4n) is 1.27. The number of hydrogen-bond acceptors (Lipinski definition) is 1. The summed E-state index contributed by atoms with van der Waals surface area (Å²) in [6.07, 6.45) is 6.97. The molecule has 0 radical (unpaired) electrons. The molecule has 0 aliphatic heterocycles. The monoisotopic (exact) mass is 288 g/mol. The lowest BCUT2D eigenvalue weighted by Gasteiger charge is -2.00. The number of carbonyl (C=O) groups excluding carboxylic acids is 1. The van der Waals surface area contributed by atoms with Gasteiger partial charge in [0.2, 0.25) is 0 Å². The Morgan fingerprint density at radius 3 is 1.81 bits per heavy atom. The summed E-state index contributed by atoms with van der Waals surface area (Å²) in [6, 6.07) is 9.22. The summed E-state index contributed by atoms with van der Waals surface area (Å²) in [5, 5.41) is 0. The van der Waals surface area contributed by atoms with Crippen molar-refractivity contribution in [3.8, 4) is 0 Å². The highest BCUT2D eigenvalue weighted by Gasteiger charge is 2.07. The highest BCUT2D eigenvalue weighted by Crippen LogP contribution is 2.09. The Labute approximate surface area is 132 Å². The molecule has 1 aromatic rings. The van der Waals surface area contributed by atoms with E-state index in [1.807, 2.05) is 84.9 Å². The molecular formula is C20H32O. The first-order valence-corrected chi connectivity index (χ1v) is 7.84. The van der Waals surface area contributed by atoms with Crippen LogP contribution in [0.2, 0.25) is 0 Å². The minimum absolute atomic E-state index is 0.0219. The van der Waals surface area contributed by atoms with Gasteiger partial charge in [0.25, 0.3) is 0 Å². The van der Waals surface area contributed by atoms with E-state index in [0.717, 1.165) is 0 Å². The van der Waals surface area contributed by atoms with Crippen LogP contribution in [-0.2, 0) is 0 Å². The van der Waals surface area contributed by atoms with Crippen LogP contribution in [-0.4, -0.2) is 5.78 Å². The Balaban J connectivity index is -0.000000478. The summed E-state index contributed by atoms with van der Waals surface area (Å²) in [7, 11) is 0. The predicted octanol–water partition coefficient (Wildman–Crippen LogP) is 6.64. The van der Waals surface area contributed by atoms with Crippen LogP contribution in [0.4, 0.5) is 0 Å². The zero-order chi connectivity index (χ0) is 17.1. The van der Waals surface area contributed by atoms with Crippen LogP contribution in [0.1, 0.15) is 58.8 Å². The van der Waals surface area contributed by atoms with E-state index in [1.54, 1.807) is 18.2 Å². The van der Waals surface area contributed by atoms with Crippen molar-refractivity contribution in [3.05, 3.63) is 72.4 Å². The van der Waals surface area contributed by atoms with Crippen molar-refractivity contribution < 1.29 is 4.79 Å². The molecule has 0 aliphatic carbocycles. The zero-order valence-corrected chi connectivity index (χ0v) is 14.8. The van der Waals surface area contributed by atoms with Gasteiger partial charge in [-0.1, -0.05) is 103 Å². The van der Waals surface area contributed by atoms with Crippen LogP contribution in [0, 0.1) is 0 Å². The summed E-state index contributed by atoms with van der Waals surface area (Å²) >= 11 is 0. The Morgan fingerprint density at radius 2 is 1.43 bits per heavy atom. The van der Waals surface area contributed by atoms with Gasteiger partial charge in [-0.15, -0.1) is 0 Å². The number of allylic oxidation sites excluding steroid dienone is 5. The molecule has 0 aromatic heterocycles. The first kappa shape index (κ1) is 24.1. The van der Waals surface area contributed by atoms with E-state index in [1.165, 1.54) is 0 Å². The molecule has 118 valence electrons. The normalized spacial score (nSPS) is 9.19.